The fourth-order valence-corrected chi connectivity index (χ4v) is 5.26. The average Bonchev–Trinajstić information content (AvgIpc) is 3.20. The van der Waals surface area contributed by atoms with Crippen molar-refractivity contribution in [2.75, 3.05) is 46.1 Å². The molecule has 28 heavy (non-hydrogen) atoms. The molecule has 3 rings (SSSR count). The van der Waals surface area contributed by atoms with Gasteiger partial charge in [-0.3, -0.25) is 4.79 Å². The lowest BCUT2D eigenvalue weighted by molar-refractivity contribution is -0.138. The molecule has 1 unspecified atom stereocenters. The van der Waals surface area contributed by atoms with Gasteiger partial charge in [0.1, 0.15) is 6.04 Å². The van der Waals surface area contributed by atoms with Crippen LogP contribution in [0.2, 0.25) is 0 Å². The van der Waals surface area contributed by atoms with Gasteiger partial charge in [0, 0.05) is 25.7 Å². The Balaban J connectivity index is 1.86. The Labute approximate surface area is 166 Å². The molecule has 2 fully saturated rings. The van der Waals surface area contributed by atoms with Gasteiger partial charge in [-0.2, -0.15) is 4.31 Å². The molecule has 0 aromatic heterocycles. The maximum atomic E-state index is 13.3. The molecule has 0 bridgehead atoms. The summed E-state index contributed by atoms with van der Waals surface area (Å²) in [6, 6.07) is 3.94. The lowest BCUT2D eigenvalue weighted by Crippen LogP contribution is -2.50. The molecule has 1 amide bonds. The molecule has 0 spiro atoms. The Hall–Kier alpha value is -1.84. The van der Waals surface area contributed by atoms with Crippen LogP contribution >= 0.6 is 0 Å². The Bertz CT molecular complexity index is 792. The van der Waals surface area contributed by atoms with Gasteiger partial charge >= 0.3 is 0 Å². The molecule has 0 aliphatic carbocycles. The predicted molar refractivity (Wildman–Crippen MR) is 103 cm³/mol. The number of ether oxygens (including phenoxy) is 3. The number of morpholine rings is 1. The van der Waals surface area contributed by atoms with Crippen LogP contribution < -0.4 is 9.47 Å². The number of hydrogen-bond donors (Lipinski definition) is 0. The molecule has 8 nitrogen and oxygen atoms in total. The first-order valence-corrected chi connectivity index (χ1v) is 11.2. The average molecular weight is 413 g/mol. The second-order valence-corrected chi connectivity index (χ2v) is 8.58. The van der Waals surface area contributed by atoms with E-state index in [1.165, 1.54) is 16.4 Å². The number of benzene rings is 1. The van der Waals surface area contributed by atoms with Crippen LogP contribution in [-0.4, -0.2) is 75.6 Å². The molecule has 2 saturated heterocycles. The number of carbonyl (C=O) groups is 1. The topological polar surface area (TPSA) is 85.4 Å². The minimum Gasteiger partial charge on any atom is -0.490 e. The van der Waals surface area contributed by atoms with Gasteiger partial charge in [0.25, 0.3) is 0 Å². The Morgan fingerprint density at radius 2 is 1.79 bits per heavy atom. The summed E-state index contributed by atoms with van der Waals surface area (Å²) in [5.41, 5.74) is 0. The molecule has 156 valence electrons. The van der Waals surface area contributed by atoms with E-state index in [0.717, 1.165) is 0 Å². The van der Waals surface area contributed by atoms with E-state index >= 15 is 0 Å². The summed E-state index contributed by atoms with van der Waals surface area (Å²) in [7, 11) is -3.83. The van der Waals surface area contributed by atoms with E-state index < -0.39 is 16.1 Å². The molecule has 0 N–H and O–H groups in total. The summed E-state index contributed by atoms with van der Waals surface area (Å²) in [6.07, 6.45) is 1.19. The highest BCUT2D eigenvalue weighted by molar-refractivity contribution is 7.89. The molecular weight excluding hydrogens is 384 g/mol. The largest absolute Gasteiger partial charge is 0.490 e. The van der Waals surface area contributed by atoms with Gasteiger partial charge in [-0.25, -0.2) is 8.42 Å². The van der Waals surface area contributed by atoms with E-state index in [1.807, 2.05) is 13.8 Å². The zero-order valence-electron chi connectivity index (χ0n) is 16.4. The van der Waals surface area contributed by atoms with Crippen LogP contribution in [0.5, 0.6) is 11.5 Å². The molecule has 0 saturated carbocycles. The quantitative estimate of drug-likeness (QED) is 0.675. The lowest BCUT2D eigenvalue weighted by atomic mass is 10.2. The lowest BCUT2D eigenvalue weighted by Gasteiger charge is -2.32. The van der Waals surface area contributed by atoms with E-state index in [9.17, 15) is 13.2 Å². The summed E-state index contributed by atoms with van der Waals surface area (Å²) < 4.78 is 44.3. The minimum atomic E-state index is -3.83. The normalized spacial score (nSPS) is 20.9. The number of hydrogen-bond acceptors (Lipinski definition) is 6. The van der Waals surface area contributed by atoms with Crippen LogP contribution in [0.15, 0.2) is 23.1 Å². The van der Waals surface area contributed by atoms with Gasteiger partial charge in [0.2, 0.25) is 15.9 Å². The summed E-state index contributed by atoms with van der Waals surface area (Å²) in [5.74, 6) is 0.756. The molecule has 0 radical (unpaired) electrons. The van der Waals surface area contributed by atoms with Crippen LogP contribution in [0.4, 0.5) is 0 Å². The Morgan fingerprint density at radius 1 is 1.11 bits per heavy atom. The maximum absolute atomic E-state index is 13.3. The standard InChI is InChI=1S/C19H28N2O6S/c1-3-26-17-8-7-15(14-18(17)27-4-2)28(23,24)21-9-5-6-16(21)19(22)20-10-12-25-13-11-20/h7-8,14,16H,3-6,9-13H2,1-2H3. The zero-order valence-corrected chi connectivity index (χ0v) is 17.2. The van der Waals surface area contributed by atoms with Crippen LogP contribution in [0.3, 0.4) is 0 Å². The van der Waals surface area contributed by atoms with Crippen LogP contribution in [0.25, 0.3) is 0 Å². The number of nitrogens with zero attached hydrogens (tertiary/aromatic N) is 2. The maximum Gasteiger partial charge on any atom is 0.243 e. The Kier molecular flexibility index (Phi) is 6.79. The van der Waals surface area contributed by atoms with Gasteiger partial charge in [0.15, 0.2) is 11.5 Å². The van der Waals surface area contributed by atoms with E-state index in [-0.39, 0.29) is 10.8 Å². The third-order valence-electron chi connectivity index (χ3n) is 4.93. The number of amides is 1. The third-order valence-corrected chi connectivity index (χ3v) is 6.84. The molecule has 1 atom stereocenters. The fourth-order valence-electron chi connectivity index (χ4n) is 3.60. The van der Waals surface area contributed by atoms with E-state index in [4.69, 9.17) is 14.2 Å². The van der Waals surface area contributed by atoms with Crippen molar-refractivity contribution < 1.29 is 27.4 Å². The smallest absolute Gasteiger partial charge is 0.243 e. The first-order valence-electron chi connectivity index (χ1n) is 9.77. The highest BCUT2D eigenvalue weighted by atomic mass is 32.2. The minimum absolute atomic E-state index is 0.112. The second-order valence-electron chi connectivity index (χ2n) is 6.69. The van der Waals surface area contributed by atoms with Gasteiger partial charge in [-0.05, 0) is 38.8 Å². The van der Waals surface area contributed by atoms with Gasteiger partial charge in [-0.1, -0.05) is 0 Å². The van der Waals surface area contributed by atoms with Crippen LogP contribution in [0.1, 0.15) is 26.7 Å². The van der Waals surface area contributed by atoms with Crippen molar-refractivity contribution in [2.45, 2.75) is 37.6 Å². The summed E-state index contributed by atoms with van der Waals surface area (Å²) in [6.45, 7) is 6.84. The van der Waals surface area contributed by atoms with Crippen molar-refractivity contribution in [2.24, 2.45) is 0 Å². The SMILES string of the molecule is CCOc1ccc(S(=O)(=O)N2CCCC2C(=O)N2CCOCC2)cc1OCC. The summed E-state index contributed by atoms with van der Waals surface area (Å²) >= 11 is 0. The third kappa shape index (κ3) is 4.26. The summed E-state index contributed by atoms with van der Waals surface area (Å²) in [5, 5.41) is 0. The van der Waals surface area contributed by atoms with Crippen molar-refractivity contribution in [3.8, 4) is 11.5 Å². The highest BCUT2D eigenvalue weighted by Gasteiger charge is 2.41. The highest BCUT2D eigenvalue weighted by Crippen LogP contribution is 2.34. The van der Waals surface area contributed by atoms with Crippen molar-refractivity contribution in [1.82, 2.24) is 9.21 Å². The van der Waals surface area contributed by atoms with Crippen molar-refractivity contribution in [3.63, 3.8) is 0 Å². The number of carbonyl (C=O) groups excluding carboxylic acids is 1. The first-order chi connectivity index (χ1) is 13.5. The Morgan fingerprint density at radius 3 is 2.46 bits per heavy atom. The van der Waals surface area contributed by atoms with E-state index in [0.29, 0.717) is 70.4 Å². The zero-order chi connectivity index (χ0) is 20.1. The van der Waals surface area contributed by atoms with E-state index in [2.05, 4.69) is 0 Å². The molecule has 1 aromatic rings. The van der Waals surface area contributed by atoms with Crippen LogP contribution in [-0.2, 0) is 19.6 Å². The van der Waals surface area contributed by atoms with Gasteiger partial charge < -0.3 is 19.1 Å². The summed E-state index contributed by atoms with van der Waals surface area (Å²) in [4.78, 5) is 14.7. The molecule has 2 heterocycles. The van der Waals surface area contributed by atoms with Crippen LogP contribution in [0, 0.1) is 0 Å². The predicted octanol–water partition coefficient (Wildman–Crippen LogP) is 1.50. The molecule has 2 aliphatic heterocycles. The monoisotopic (exact) mass is 412 g/mol. The molecule has 2 aliphatic rings. The van der Waals surface area contributed by atoms with Crippen molar-refractivity contribution >= 4 is 15.9 Å². The van der Waals surface area contributed by atoms with E-state index in [1.54, 1.807) is 11.0 Å². The molecule has 9 heteroatoms. The molecule has 1 aromatic carbocycles. The first kappa shape index (κ1) is 20.9. The van der Waals surface area contributed by atoms with Gasteiger partial charge in [-0.15, -0.1) is 0 Å². The number of sulfonamides is 1. The molecular formula is C19H28N2O6S. The van der Waals surface area contributed by atoms with Gasteiger partial charge in [0.05, 0.1) is 31.3 Å². The fraction of sp³-hybridized carbons (Fsp3) is 0.632. The number of rotatable bonds is 7. The second kappa shape index (κ2) is 9.11. The van der Waals surface area contributed by atoms with Crippen molar-refractivity contribution in [1.29, 1.82) is 0 Å². The van der Waals surface area contributed by atoms with Crippen molar-refractivity contribution in [3.05, 3.63) is 18.2 Å².